The fourth-order valence-electron chi connectivity index (χ4n) is 2.62. The number of carbonyl (C=O) groups is 2. The zero-order valence-electron chi connectivity index (χ0n) is 14.1. The van der Waals surface area contributed by atoms with Gasteiger partial charge in [0, 0.05) is 6.42 Å². The van der Waals surface area contributed by atoms with Crippen LogP contribution in [0.4, 0.5) is 0 Å². The molecule has 0 saturated carbocycles. The number of rotatable bonds is 0. The lowest BCUT2D eigenvalue weighted by Gasteiger charge is -2.25. The summed E-state index contributed by atoms with van der Waals surface area (Å²) in [6, 6.07) is 6.20. The normalized spacial score (nSPS) is 22.0. The van der Waals surface area contributed by atoms with Gasteiger partial charge in [-0.15, -0.1) is 23.2 Å². The van der Waals surface area contributed by atoms with Crippen molar-refractivity contribution in [1.82, 2.24) is 0 Å². The van der Waals surface area contributed by atoms with Gasteiger partial charge in [-0.1, -0.05) is 54.6 Å². The summed E-state index contributed by atoms with van der Waals surface area (Å²) >= 11 is 24.8. The van der Waals surface area contributed by atoms with Gasteiger partial charge >= 0.3 is 11.9 Å². The van der Waals surface area contributed by atoms with Gasteiger partial charge in [-0.3, -0.25) is 0 Å². The quantitative estimate of drug-likeness (QED) is 0.363. The Morgan fingerprint density at radius 1 is 0.769 bits per heavy atom. The number of halogens is 4. The lowest BCUT2D eigenvalue weighted by molar-refractivity contribution is 0.0337. The lowest BCUT2D eigenvalue weighted by Crippen LogP contribution is -2.27. The second kappa shape index (κ2) is 9.50. The standard InChI is InChI=1S/C18H20Cl4O4/c19-17(20)9-5-1-2-6-12-25-15(23)13-7-3-4-8-14(13)16(24)26-18(21,22)11-10-17/h3-4,7-8H,1-2,5-6,9-12H2. The van der Waals surface area contributed by atoms with Gasteiger partial charge in [0.2, 0.25) is 0 Å². The summed E-state index contributed by atoms with van der Waals surface area (Å²) in [5, 5.41) is 0. The molecule has 0 spiro atoms. The number of benzene rings is 1. The fourth-order valence-corrected chi connectivity index (χ4v) is 3.40. The average Bonchev–Trinajstić information content (AvgIpc) is 2.58. The predicted molar refractivity (Wildman–Crippen MR) is 103 cm³/mol. The molecule has 26 heavy (non-hydrogen) atoms. The molecule has 8 heteroatoms. The van der Waals surface area contributed by atoms with Gasteiger partial charge in [-0.2, -0.15) is 0 Å². The van der Waals surface area contributed by atoms with E-state index in [9.17, 15) is 9.59 Å². The van der Waals surface area contributed by atoms with E-state index in [4.69, 9.17) is 55.9 Å². The van der Waals surface area contributed by atoms with Crippen LogP contribution in [0, 0.1) is 0 Å². The summed E-state index contributed by atoms with van der Waals surface area (Å²) in [5.41, 5.74) is 0.149. The molecule has 0 atom stereocenters. The van der Waals surface area contributed by atoms with E-state index in [1.165, 1.54) is 12.1 Å². The molecule has 0 aromatic heterocycles. The number of esters is 2. The topological polar surface area (TPSA) is 52.6 Å². The molecule has 0 bridgehead atoms. The zero-order chi connectivity index (χ0) is 19.2. The van der Waals surface area contributed by atoms with Crippen LogP contribution in [0.25, 0.3) is 0 Å². The van der Waals surface area contributed by atoms with E-state index in [1.807, 2.05) is 0 Å². The molecule has 1 aromatic rings. The van der Waals surface area contributed by atoms with E-state index < -0.39 is 20.8 Å². The van der Waals surface area contributed by atoms with Crippen LogP contribution in [-0.2, 0) is 9.47 Å². The number of carbonyl (C=O) groups excluding carboxylic acids is 2. The SMILES string of the molecule is O=C1OCCCCCCC(Cl)(Cl)CCC(Cl)(Cl)OC(=O)c2ccccc21. The van der Waals surface area contributed by atoms with Gasteiger partial charge in [0.1, 0.15) is 4.33 Å². The first kappa shape index (κ1) is 21.6. The van der Waals surface area contributed by atoms with Crippen molar-refractivity contribution >= 4 is 58.3 Å². The lowest BCUT2D eigenvalue weighted by atomic mass is 10.1. The van der Waals surface area contributed by atoms with Crippen molar-refractivity contribution in [1.29, 1.82) is 0 Å². The molecule has 144 valence electrons. The van der Waals surface area contributed by atoms with E-state index in [0.29, 0.717) is 6.42 Å². The molecule has 0 radical (unpaired) electrons. The summed E-state index contributed by atoms with van der Waals surface area (Å²) in [4.78, 5) is 24.7. The highest BCUT2D eigenvalue weighted by atomic mass is 35.5. The smallest absolute Gasteiger partial charge is 0.341 e. The molecule has 1 heterocycles. The van der Waals surface area contributed by atoms with Crippen molar-refractivity contribution in [3.05, 3.63) is 35.4 Å². The molecule has 4 nitrogen and oxygen atoms in total. The fraction of sp³-hybridized carbons (Fsp3) is 0.556. The first-order valence-corrected chi connectivity index (χ1v) is 9.97. The van der Waals surface area contributed by atoms with Crippen LogP contribution in [0.15, 0.2) is 24.3 Å². The molecule has 0 fully saturated rings. The summed E-state index contributed by atoms with van der Waals surface area (Å²) in [6.07, 6.45) is 4.23. The van der Waals surface area contributed by atoms with Crippen molar-refractivity contribution in [2.75, 3.05) is 6.61 Å². The molecule has 1 aliphatic heterocycles. The van der Waals surface area contributed by atoms with Crippen LogP contribution in [0.1, 0.15) is 65.7 Å². The summed E-state index contributed by atoms with van der Waals surface area (Å²) in [5.74, 6) is -1.40. The van der Waals surface area contributed by atoms with Gasteiger partial charge in [0.15, 0.2) is 0 Å². The van der Waals surface area contributed by atoms with E-state index in [1.54, 1.807) is 12.1 Å². The third kappa shape index (κ3) is 6.80. The van der Waals surface area contributed by atoms with E-state index >= 15 is 0 Å². The van der Waals surface area contributed by atoms with Crippen molar-refractivity contribution in [2.45, 2.75) is 53.8 Å². The van der Waals surface area contributed by atoms with Crippen LogP contribution >= 0.6 is 46.4 Å². The minimum atomic E-state index is -1.81. The van der Waals surface area contributed by atoms with Crippen LogP contribution in [0.5, 0.6) is 0 Å². The molecule has 0 saturated heterocycles. The monoisotopic (exact) mass is 440 g/mol. The highest BCUT2D eigenvalue weighted by Gasteiger charge is 2.35. The Morgan fingerprint density at radius 3 is 2.08 bits per heavy atom. The summed E-state index contributed by atoms with van der Waals surface area (Å²) in [6.45, 7) is 0.268. The van der Waals surface area contributed by atoms with Gasteiger partial charge in [0.05, 0.1) is 17.7 Å². The maximum absolute atomic E-state index is 12.5. The third-order valence-corrected chi connectivity index (χ3v) is 5.35. The Kier molecular flexibility index (Phi) is 7.90. The second-order valence-corrected chi connectivity index (χ2v) is 9.28. The van der Waals surface area contributed by atoms with Gasteiger partial charge < -0.3 is 9.47 Å². The number of cyclic esters (lactones) is 2. The van der Waals surface area contributed by atoms with E-state index in [-0.39, 0.29) is 30.6 Å². The van der Waals surface area contributed by atoms with E-state index in [0.717, 1.165) is 25.7 Å². The first-order valence-electron chi connectivity index (χ1n) is 8.45. The van der Waals surface area contributed by atoms with Gasteiger partial charge in [-0.05, 0) is 31.4 Å². The van der Waals surface area contributed by atoms with Crippen molar-refractivity contribution in [3.8, 4) is 0 Å². The Labute approximate surface area is 173 Å². The molecule has 1 aliphatic rings. The van der Waals surface area contributed by atoms with E-state index in [2.05, 4.69) is 0 Å². The molecule has 0 N–H and O–H groups in total. The summed E-state index contributed by atoms with van der Waals surface area (Å²) in [7, 11) is 0. The molecular formula is C18H20Cl4O4. The molecule has 0 amide bonds. The van der Waals surface area contributed by atoms with Crippen LogP contribution < -0.4 is 0 Å². The van der Waals surface area contributed by atoms with Crippen molar-refractivity contribution in [3.63, 3.8) is 0 Å². The maximum Gasteiger partial charge on any atom is 0.341 e. The first-order chi connectivity index (χ1) is 12.2. The Hall–Kier alpha value is -0.680. The van der Waals surface area contributed by atoms with Gasteiger partial charge in [0.25, 0.3) is 4.52 Å². The Morgan fingerprint density at radius 2 is 1.38 bits per heavy atom. The Bertz CT molecular complexity index is 646. The average molecular weight is 442 g/mol. The number of hydrogen-bond acceptors (Lipinski definition) is 4. The molecule has 0 unspecified atom stereocenters. The second-order valence-electron chi connectivity index (χ2n) is 6.23. The third-order valence-electron chi connectivity index (χ3n) is 4.06. The highest BCUT2D eigenvalue weighted by molar-refractivity contribution is 6.49. The predicted octanol–water partition coefficient (Wildman–Crippen LogP) is 6.05. The van der Waals surface area contributed by atoms with Crippen LogP contribution in [-0.4, -0.2) is 27.4 Å². The number of alkyl halides is 4. The molecular weight excluding hydrogens is 422 g/mol. The number of fused-ring (bicyclic) bond motifs is 1. The maximum atomic E-state index is 12.5. The van der Waals surface area contributed by atoms with Crippen molar-refractivity contribution in [2.24, 2.45) is 0 Å². The van der Waals surface area contributed by atoms with Crippen molar-refractivity contribution < 1.29 is 19.1 Å². The number of ether oxygens (including phenoxy) is 2. The molecule has 0 aliphatic carbocycles. The summed E-state index contributed by atoms with van der Waals surface area (Å²) < 4.78 is 7.62. The van der Waals surface area contributed by atoms with Gasteiger partial charge in [-0.25, -0.2) is 9.59 Å². The zero-order valence-corrected chi connectivity index (χ0v) is 17.1. The minimum Gasteiger partial charge on any atom is -0.462 e. The van der Waals surface area contributed by atoms with Crippen LogP contribution in [0.3, 0.4) is 0 Å². The molecule has 2 rings (SSSR count). The Balaban J connectivity index is 2.22. The van der Waals surface area contributed by atoms with Crippen LogP contribution in [0.2, 0.25) is 0 Å². The largest absolute Gasteiger partial charge is 0.462 e. The number of hydrogen-bond donors (Lipinski definition) is 0. The minimum absolute atomic E-state index is 0.0401. The highest BCUT2D eigenvalue weighted by Crippen LogP contribution is 2.39. The molecule has 1 aromatic carbocycles.